The Morgan fingerprint density at radius 2 is 1.85 bits per heavy atom. The zero-order valence-electron chi connectivity index (χ0n) is 8.03. The Hall–Kier alpha value is 1.03. The molecule has 1 aliphatic heterocycles. The average Bonchev–Trinajstić information content (AvgIpc) is 2.06. The predicted molar refractivity (Wildman–Crippen MR) is 57.0 cm³/mol. The van der Waals surface area contributed by atoms with Gasteiger partial charge in [-0.3, -0.25) is 4.90 Å². The summed E-state index contributed by atoms with van der Waals surface area (Å²) in [5, 5.41) is 0. The van der Waals surface area contributed by atoms with Crippen molar-refractivity contribution in [2.45, 2.75) is 0 Å². The minimum Gasteiger partial charge on any atom is -0.411 e. The van der Waals surface area contributed by atoms with E-state index in [1.54, 1.807) is 0 Å². The van der Waals surface area contributed by atoms with E-state index in [0.717, 1.165) is 39.3 Å². The van der Waals surface area contributed by atoms with E-state index in [2.05, 4.69) is 9.80 Å². The topological polar surface area (TPSA) is 32.5 Å². The fraction of sp³-hybridized carbons (Fsp3) is 0.857. The summed E-state index contributed by atoms with van der Waals surface area (Å²) in [6.45, 7) is 5.71. The van der Waals surface area contributed by atoms with Gasteiger partial charge in [0.2, 0.25) is 0 Å². The smallest absolute Gasteiger partial charge is 0.411 e. The van der Waals surface area contributed by atoms with Crippen molar-refractivity contribution in [3.63, 3.8) is 0 Å². The Morgan fingerprint density at radius 3 is 2.23 bits per heavy atom. The van der Waals surface area contributed by atoms with Gasteiger partial charge in [0.25, 0.3) is 0 Å². The summed E-state index contributed by atoms with van der Waals surface area (Å²) in [5.41, 5.74) is 5.45. The summed E-state index contributed by atoms with van der Waals surface area (Å²) < 4.78 is 0.599. The molecule has 1 rings (SSSR count). The summed E-state index contributed by atoms with van der Waals surface area (Å²) in [7, 11) is 0. The van der Waals surface area contributed by atoms with Crippen molar-refractivity contribution in [2.75, 3.05) is 39.3 Å². The molecule has 0 aliphatic carbocycles. The zero-order valence-corrected chi connectivity index (χ0v) is 11.7. The van der Waals surface area contributed by atoms with E-state index >= 15 is 0 Å². The Bertz CT molecular complexity index is 160. The molecule has 1 aliphatic rings. The second-order valence-corrected chi connectivity index (χ2v) is 3.92. The normalized spacial score (nSPS) is 18.1. The molecule has 0 aromatic rings. The first kappa shape index (κ1) is 14.0. The largest absolute Gasteiger partial charge is 1.00 e. The van der Waals surface area contributed by atoms with Crippen LogP contribution in [-0.2, 0) is 12.6 Å². The van der Waals surface area contributed by atoms with Crippen LogP contribution in [0.2, 0.25) is 0 Å². The Labute approximate surface area is 113 Å². The van der Waals surface area contributed by atoms with Crippen LogP contribution in [0, 0.1) is 0 Å². The van der Waals surface area contributed by atoms with Gasteiger partial charge in [-0.05, 0) is 0 Å². The molecule has 13 heavy (non-hydrogen) atoms. The fourth-order valence-electron chi connectivity index (χ4n) is 1.34. The number of nitrogens with zero attached hydrogens (tertiary/aromatic N) is 2. The van der Waals surface area contributed by atoms with Gasteiger partial charge in [0.15, 0.2) is 0 Å². The molecule has 0 amide bonds. The van der Waals surface area contributed by atoms with Crippen molar-refractivity contribution in [3.05, 3.63) is 0 Å². The monoisotopic (exact) mass is 227 g/mol. The Balaban J connectivity index is 0.00000144. The molecular weight excluding hydrogens is 213 g/mol. The Morgan fingerprint density at radius 1 is 1.31 bits per heavy atom. The maximum Gasteiger partial charge on any atom is 1.00 e. The number of hydrogen-bond donors (Lipinski definition) is 1. The van der Waals surface area contributed by atoms with E-state index in [-0.39, 0.29) is 29.6 Å². The van der Waals surface area contributed by atoms with Crippen molar-refractivity contribution in [1.29, 1.82) is 0 Å². The van der Waals surface area contributed by atoms with Gasteiger partial charge in [0.1, 0.15) is 0 Å². The predicted octanol–water partition coefficient (Wildman–Crippen LogP) is -3.60. The van der Waals surface area contributed by atoms with Crippen LogP contribution in [-0.4, -0.2) is 53.4 Å². The van der Waals surface area contributed by atoms with Gasteiger partial charge in [-0.1, -0.05) is 4.32 Å². The summed E-state index contributed by atoms with van der Waals surface area (Å²) in [5.74, 6) is 0. The van der Waals surface area contributed by atoms with Crippen LogP contribution in [0.3, 0.4) is 0 Å². The Kier molecular flexibility index (Phi) is 7.92. The summed E-state index contributed by atoms with van der Waals surface area (Å²) >= 11 is 9.83. The molecule has 0 bridgehead atoms. The van der Waals surface area contributed by atoms with Crippen LogP contribution < -0.4 is 35.3 Å². The second-order valence-electron chi connectivity index (χ2n) is 2.88. The van der Waals surface area contributed by atoms with Gasteiger partial charge in [0.05, 0.1) is 0 Å². The van der Waals surface area contributed by atoms with Crippen molar-refractivity contribution in [1.82, 2.24) is 9.80 Å². The first-order valence-electron chi connectivity index (χ1n) is 4.12. The third kappa shape index (κ3) is 4.88. The first-order chi connectivity index (χ1) is 5.74. The number of hydrogen-bond acceptors (Lipinski definition) is 4. The molecule has 0 atom stereocenters. The minimum atomic E-state index is 0. The molecule has 0 radical (unpaired) electrons. The molecule has 1 fully saturated rings. The van der Waals surface area contributed by atoms with Gasteiger partial charge in [-0.15, -0.1) is 0 Å². The van der Waals surface area contributed by atoms with Gasteiger partial charge in [-0.25, -0.2) is 0 Å². The first-order valence-corrected chi connectivity index (χ1v) is 4.94. The molecule has 0 saturated carbocycles. The standard InChI is InChI=1S/C7H15N3S2.Na/c8-1-2-9-3-5-10(6-4-9)7(11)12;/h1-6,8H2,(H,11,12);/q;+1/p-1. The molecule has 1 heterocycles. The quantitative estimate of drug-likeness (QED) is 0.299. The SMILES string of the molecule is NCCN1CCN(C(=S)[S-])CC1.[Na+]. The molecule has 1 saturated heterocycles. The van der Waals surface area contributed by atoms with Gasteiger partial charge in [-0.2, -0.15) is 0 Å². The van der Waals surface area contributed by atoms with Crippen LogP contribution in [0.1, 0.15) is 0 Å². The maximum atomic E-state index is 5.45. The van der Waals surface area contributed by atoms with E-state index in [1.165, 1.54) is 0 Å². The molecule has 0 aromatic carbocycles. The van der Waals surface area contributed by atoms with Gasteiger partial charge in [0, 0.05) is 39.3 Å². The van der Waals surface area contributed by atoms with Crippen molar-refractivity contribution in [3.8, 4) is 0 Å². The molecule has 6 heteroatoms. The zero-order chi connectivity index (χ0) is 8.97. The molecular formula is C7H14N3NaS2. The molecule has 0 unspecified atom stereocenters. The van der Waals surface area contributed by atoms with Crippen molar-refractivity contribution >= 4 is 29.2 Å². The number of piperazine rings is 1. The minimum absolute atomic E-state index is 0. The van der Waals surface area contributed by atoms with E-state index in [9.17, 15) is 0 Å². The van der Waals surface area contributed by atoms with E-state index in [4.69, 9.17) is 30.6 Å². The number of rotatable bonds is 2. The maximum absolute atomic E-state index is 5.45. The number of thiocarbonyl (C=S) groups is 1. The number of nitrogens with two attached hydrogens (primary N) is 1. The summed E-state index contributed by atoms with van der Waals surface area (Å²) in [4.78, 5) is 4.40. The summed E-state index contributed by atoms with van der Waals surface area (Å²) in [6.07, 6.45) is 0. The van der Waals surface area contributed by atoms with Crippen LogP contribution in [0.5, 0.6) is 0 Å². The van der Waals surface area contributed by atoms with Gasteiger partial charge < -0.3 is 35.5 Å². The fourth-order valence-corrected chi connectivity index (χ4v) is 1.70. The van der Waals surface area contributed by atoms with Crippen molar-refractivity contribution in [2.24, 2.45) is 5.73 Å². The summed E-state index contributed by atoms with van der Waals surface area (Å²) in [6, 6.07) is 0. The van der Waals surface area contributed by atoms with E-state index in [0.29, 0.717) is 4.32 Å². The van der Waals surface area contributed by atoms with Crippen LogP contribution in [0.15, 0.2) is 0 Å². The second kappa shape index (κ2) is 7.34. The molecule has 2 N–H and O–H groups in total. The third-order valence-corrected chi connectivity index (χ3v) is 2.59. The van der Waals surface area contributed by atoms with E-state index < -0.39 is 0 Å². The molecule has 0 aromatic heterocycles. The van der Waals surface area contributed by atoms with Crippen molar-refractivity contribution < 1.29 is 29.6 Å². The van der Waals surface area contributed by atoms with Gasteiger partial charge >= 0.3 is 29.6 Å². The third-order valence-electron chi connectivity index (χ3n) is 2.08. The van der Waals surface area contributed by atoms with Crippen LogP contribution in [0.25, 0.3) is 0 Å². The molecule has 0 spiro atoms. The average molecular weight is 227 g/mol. The van der Waals surface area contributed by atoms with Crippen LogP contribution in [0.4, 0.5) is 0 Å². The molecule has 70 valence electrons. The molecule has 3 nitrogen and oxygen atoms in total. The van der Waals surface area contributed by atoms with Crippen LogP contribution >= 0.6 is 12.2 Å². The van der Waals surface area contributed by atoms with E-state index in [1.807, 2.05) is 0 Å².